The Morgan fingerprint density at radius 3 is 2.61 bits per heavy atom. The number of anilines is 2. The summed E-state index contributed by atoms with van der Waals surface area (Å²) >= 11 is 0. The van der Waals surface area contributed by atoms with E-state index in [1.54, 1.807) is 4.90 Å². The van der Waals surface area contributed by atoms with E-state index in [0.717, 1.165) is 53.8 Å². The molecular formula is C26H34N8O2. The molecule has 3 N–H and O–H groups in total. The number of hydrogen-bond acceptors (Lipinski definition) is 8. The van der Waals surface area contributed by atoms with Crippen molar-refractivity contribution in [3.05, 3.63) is 53.5 Å². The van der Waals surface area contributed by atoms with Gasteiger partial charge in [0.05, 0.1) is 12.1 Å². The molecule has 0 bridgehead atoms. The van der Waals surface area contributed by atoms with Crippen LogP contribution in [0.1, 0.15) is 34.5 Å². The molecule has 1 fully saturated rings. The first-order chi connectivity index (χ1) is 17.3. The summed E-state index contributed by atoms with van der Waals surface area (Å²) in [5, 5.41) is 3.89. The maximum absolute atomic E-state index is 12.7. The van der Waals surface area contributed by atoms with Crippen molar-refractivity contribution in [1.29, 1.82) is 0 Å². The molecule has 0 saturated carbocycles. The van der Waals surface area contributed by atoms with Crippen LogP contribution in [0.25, 0.3) is 10.9 Å². The second-order valence-corrected chi connectivity index (χ2v) is 9.31. The predicted molar refractivity (Wildman–Crippen MR) is 141 cm³/mol. The Bertz CT molecular complexity index is 1240. The fraction of sp³-hybridized carbons (Fsp3) is 0.423. The molecule has 3 aromatic rings. The van der Waals surface area contributed by atoms with Gasteiger partial charge in [0.25, 0.3) is 5.91 Å². The molecule has 0 spiro atoms. The van der Waals surface area contributed by atoms with Crippen molar-refractivity contribution in [3.8, 4) is 0 Å². The molecule has 10 nitrogen and oxygen atoms in total. The summed E-state index contributed by atoms with van der Waals surface area (Å²) in [6.45, 7) is 5.90. The second-order valence-electron chi connectivity index (χ2n) is 9.31. The Morgan fingerprint density at radius 1 is 1.11 bits per heavy atom. The third kappa shape index (κ3) is 5.88. The number of nitrogens with two attached hydrogens (primary N) is 1. The lowest BCUT2D eigenvalue weighted by atomic mass is 10.1. The molecule has 0 atom stereocenters. The number of carbonyl (C=O) groups excluding carboxylic acids is 2. The van der Waals surface area contributed by atoms with Gasteiger partial charge < -0.3 is 20.9 Å². The minimum atomic E-state index is -0.397. The summed E-state index contributed by atoms with van der Waals surface area (Å²) in [5.74, 6) is 0.568. The van der Waals surface area contributed by atoms with Gasteiger partial charge in [-0.2, -0.15) is 0 Å². The molecule has 0 aliphatic carbocycles. The van der Waals surface area contributed by atoms with Crippen molar-refractivity contribution in [1.82, 2.24) is 30.1 Å². The Morgan fingerprint density at radius 2 is 1.86 bits per heavy atom. The van der Waals surface area contributed by atoms with Gasteiger partial charge in [-0.25, -0.2) is 15.0 Å². The summed E-state index contributed by atoms with van der Waals surface area (Å²) in [4.78, 5) is 44.3. The van der Waals surface area contributed by atoms with Gasteiger partial charge in [0.2, 0.25) is 5.91 Å². The van der Waals surface area contributed by atoms with Gasteiger partial charge in [0.1, 0.15) is 5.82 Å². The largest absolute Gasteiger partial charge is 0.382 e. The van der Waals surface area contributed by atoms with E-state index in [4.69, 9.17) is 10.7 Å². The number of para-hydroxylation sites is 1. The van der Waals surface area contributed by atoms with Crippen LogP contribution in [0.5, 0.6) is 0 Å². The molecule has 2 aromatic heterocycles. The molecule has 4 rings (SSSR count). The number of hydrogen-bond donors (Lipinski definition) is 2. The van der Waals surface area contributed by atoms with Crippen molar-refractivity contribution in [2.75, 3.05) is 57.5 Å². The average Bonchev–Trinajstić information content (AvgIpc) is 3.38. The smallest absolute Gasteiger partial charge is 0.273 e. The van der Waals surface area contributed by atoms with Crippen LogP contribution in [0.2, 0.25) is 0 Å². The van der Waals surface area contributed by atoms with Gasteiger partial charge in [-0.3, -0.25) is 14.5 Å². The first kappa shape index (κ1) is 25.3. The van der Waals surface area contributed by atoms with Gasteiger partial charge in [0, 0.05) is 57.1 Å². The predicted octanol–water partition coefficient (Wildman–Crippen LogP) is 1.84. The molecule has 1 aliphatic heterocycles. The van der Waals surface area contributed by atoms with Crippen LogP contribution in [-0.2, 0) is 11.3 Å². The number of benzene rings is 1. The summed E-state index contributed by atoms with van der Waals surface area (Å²) < 4.78 is 0. The minimum absolute atomic E-state index is 0.0845. The molecule has 10 heteroatoms. The van der Waals surface area contributed by atoms with E-state index in [1.807, 2.05) is 50.2 Å². The highest BCUT2D eigenvalue weighted by Crippen LogP contribution is 2.25. The van der Waals surface area contributed by atoms with Gasteiger partial charge in [-0.15, -0.1) is 0 Å². The lowest BCUT2D eigenvalue weighted by Gasteiger charge is -2.26. The number of fused-ring (bicyclic) bond motifs is 1. The lowest BCUT2D eigenvalue weighted by molar-refractivity contribution is -0.130. The summed E-state index contributed by atoms with van der Waals surface area (Å²) in [6.07, 6.45) is 5.21. The number of nitrogen functional groups attached to an aromatic ring is 1. The zero-order valence-corrected chi connectivity index (χ0v) is 21.2. The maximum Gasteiger partial charge on any atom is 0.273 e. The standard InChI is InChI=1S/C26H34N8O2/c1-18-7-6-8-19-15-20(16-30-26(36)23-24(27)29-10-9-28-23)25(31-22(18)19)33(3)14-13-32(2)21(35)17-34-11-4-5-12-34/h6-10,15H,4-5,11-14,16-17H2,1-3H3,(H2,27,29)(H,30,36). The van der Waals surface area contributed by atoms with Crippen LogP contribution in [-0.4, -0.2) is 83.4 Å². The molecule has 0 radical (unpaired) electrons. The van der Waals surface area contributed by atoms with Crippen molar-refractivity contribution < 1.29 is 9.59 Å². The van der Waals surface area contributed by atoms with Crippen LogP contribution in [0.4, 0.5) is 11.6 Å². The first-order valence-corrected chi connectivity index (χ1v) is 12.2. The summed E-state index contributed by atoms with van der Waals surface area (Å²) in [7, 11) is 3.80. The van der Waals surface area contributed by atoms with E-state index < -0.39 is 5.91 Å². The Hall–Kier alpha value is -3.79. The number of aryl methyl sites for hydroxylation is 1. The van der Waals surface area contributed by atoms with E-state index in [9.17, 15) is 9.59 Å². The monoisotopic (exact) mass is 490 g/mol. The van der Waals surface area contributed by atoms with Gasteiger partial charge >= 0.3 is 0 Å². The third-order valence-corrected chi connectivity index (χ3v) is 6.60. The SMILES string of the molecule is Cc1cccc2cc(CNC(=O)c3nccnc3N)c(N(C)CCN(C)C(=O)CN3CCCC3)nc12. The molecule has 1 aromatic carbocycles. The molecule has 3 heterocycles. The Kier molecular flexibility index (Phi) is 7.94. The number of nitrogens with one attached hydrogen (secondary N) is 1. The van der Waals surface area contributed by atoms with Crippen LogP contribution in [0.3, 0.4) is 0 Å². The number of likely N-dealkylation sites (N-methyl/N-ethyl adjacent to an activating group) is 2. The normalized spacial score (nSPS) is 13.6. The number of carbonyl (C=O) groups is 2. The Balaban J connectivity index is 1.49. The summed E-state index contributed by atoms with van der Waals surface area (Å²) in [5.41, 5.74) is 8.75. The first-order valence-electron chi connectivity index (χ1n) is 12.2. The number of amides is 2. The second kappa shape index (κ2) is 11.3. The third-order valence-electron chi connectivity index (χ3n) is 6.60. The van der Waals surface area contributed by atoms with E-state index in [0.29, 0.717) is 19.6 Å². The highest BCUT2D eigenvalue weighted by atomic mass is 16.2. The Labute approximate surface area is 211 Å². The van der Waals surface area contributed by atoms with Crippen molar-refractivity contribution in [3.63, 3.8) is 0 Å². The van der Waals surface area contributed by atoms with E-state index >= 15 is 0 Å². The van der Waals surface area contributed by atoms with E-state index in [2.05, 4.69) is 20.2 Å². The van der Waals surface area contributed by atoms with Crippen molar-refractivity contribution in [2.24, 2.45) is 0 Å². The molecule has 1 aliphatic rings. The molecule has 1 saturated heterocycles. The average molecular weight is 491 g/mol. The van der Waals surface area contributed by atoms with Crippen molar-refractivity contribution in [2.45, 2.75) is 26.3 Å². The van der Waals surface area contributed by atoms with Gasteiger partial charge in [0.15, 0.2) is 11.5 Å². The van der Waals surface area contributed by atoms with E-state index in [-0.39, 0.29) is 24.0 Å². The fourth-order valence-electron chi connectivity index (χ4n) is 4.41. The number of likely N-dealkylation sites (tertiary alicyclic amines) is 1. The quantitative estimate of drug-likeness (QED) is 0.466. The molecular weight excluding hydrogens is 456 g/mol. The van der Waals surface area contributed by atoms with E-state index in [1.165, 1.54) is 12.4 Å². The maximum atomic E-state index is 12.7. The molecule has 36 heavy (non-hydrogen) atoms. The highest BCUT2D eigenvalue weighted by Gasteiger charge is 2.19. The number of aromatic nitrogens is 3. The van der Waals surface area contributed by atoms with Crippen LogP contribution >= 0.6 is 0 Å². The minimum Gasteiger partial charge on any atom is -0.382 e. The molecule has 190 valence electrons. The van der Waals surface area contributed by atoms with Crippen LogP contribution in [0, 0.1) is 6.92 Å². The number of nitrogens with zero attached hydrogens (tertiary/aromatic N) is 6. The highest BCUT2D eigenvalue weighted by molar-refractivity contribution is 5.96. The fourth-order valence-corrected chi connectivity index (χ4v) is 4.41. The topological polar surface area (TPSA) is 121 Å². The van der Waals surface area contributed by atoms with Crippen LogP contribution in [0.15, 0.2) is 36.7 Å². The zero-order valence-electron chi connectivity index (χ0n) is 21.2. The summed E-state index contributed by atoms with van der Waals surface area (Å²) in [6, 6.07) is 8.08. The van der Waals surface area contributed by atoms with Gasteiger partial charge in [-0.1, -0.05) is 18.2 Å². The lowest BCUT2D eigenvalue weighted by Crippen LogP contribution is -2.40. The van der Waals surface area contributed by atoms with Gasteiger partial charge in [-0.05, 0) is 44.5 Å². The van der Waals surface area contributed by atoms with Crippen LogP contribution < -0.4 is 16.0 Å². The van der Waals surface area contributed by atoms with Crippen molar-refractivity contribution >= 4 is 34.4 Å². The molecule has 0 unspecified atom stereocenters. The number of pyridine rings is 1. The zero-order chi connectivity index (χ0) is 25.7. The number of rotatable bonds is 9. The molecule has 2 amide bonds.